The molecular weight excluding hydrogens is 262 g/mol. The minimum atomic E-state index is -0.596. The van der Waals surface area contributed by atoms with Gasteiger partial charge in [0.2, 0.25) is 0 Å². The number of rotatable bonds is 2. The molecule has 0 spiro atoms. The Morgan fingerprint density at radius 2 is 1.85 bits per heavy atom. The summed E-state index contributed by atoms with van der Waals surface area (Å²) in [6.07, 6.45) is 0.223. The molecule has 0 radical (unpaired) electrons. The van der Waals surface area contributed by atoms with E-state index in [9.17, 15) is 14.7 Å². The van der Waals surface area contributed by atoms with Crippen LogP contribution in [0.2, 0.25) is 0 Å². The molecule has 1 heterocycles. The monoisotopic (exact) mass is 287 g/mol. The highest BCUT2D eigenvalue weighted by Crippen LogP contribution is 2.23. The molecule has 6 nitrogen and oxygen atoms in total. The number of esters is 1. The third-order valence-electron chi connectivity index (χ3n) is 3.32. The van der Waals surface area contributed by atoms with Crippen molar-refractivity contribution in [1.29, 1.82) is 0 Å². The number of nitrogens with zero attached hydrogens (tertiary/aromatic N) is 1. The molecule has 116 valence electrons. The second-order valence-electron chi connectivity index (χ2n) is 6.15. The summed E-state index contributed by atoms with van der Waals surface area (Å²) < 4.78 is 9.95. The molecule has 1 fully saturated rings. The molecule has 0 aromatic heterocycles. The van der Waals surface area contributed by atoms with Gasteiger partial charge in [0, 0.05) is 13.1 Å². The number of amides is 1. The smallest absolute Gasteiger partial charge is 0.410 e. The molecule has 1 saturated heterocycles. The van der Waals surface area contributed by atoms with E-state index in [1.54, 1.807) is 4.90 Å². The summed E-state index contributed by atoms with van der Waals surface area (Å²) in [5, 5.41) is 10.0. The quantitative estimate of drug-likeness (QED) is 0.780. The van der Waals surface area contributed by atoms with E-state index in [4.69, 9.17) is 4.74 Å². The lowest BCUT2D eigenvalue weighted by atomic mass is 9.94. The Kier molecular flexibility index (Phi) is 5.80. The molecule has 0 unspecified atom stereocenters. The number of carbonyl (C=O) groups excluding carboxylic acids is 2. The number of aliphatic hydroxyl groups is 1. The first-order chi connectivity index (χ1) is 9.23. The summed E-state index contributed by atoms with van der Waals surface area (Å²) in [6, 6.07) is 0. The SMILES string of the molecule is COC(=O)C[C@H]1CCN(C(=O)OC(C)(C)C)CC[C@H]1O. The zero-order valence-electron chi connectivity index (χ0n) is 12.7. The van der Waals surface area contributed by atoms with Crippen molar-refractivity contribution >= 4 is 12.1 Å². The van der Waals surface area contributed by atoms with E-state index in [1.165, 1.54) is 7.11 Å². The molecule has 0 aromatic rings. The van der Waals surface area contributed by atoms with E-state index < -0.39 is 11.7 Å². The zero-order valence-corrected chi connectivity index (χ0v) is 12.7. The highest BCUT2D eigenvalue weighted by atomic mass is 16.6. The van der Waals surface area contributed by atoms with E-state index >= 15 is 0 Å². The molecule has 1 N–H and O–H groups in total. The normalized spacial score (nSPS) is 23.9. The largest absolute Gasteiger partial charge is 0.469 e. The fraction of sp³-hybridized carbons (Fsp3) is 0.857. The van der Waals surface area contributed by atoms with Crippen molar-refractivity contribution in [1.82, 2.24) is 4.90 Å². The highest BCUT2D eigenvalue weighted by Gasteiger charge is 2.30. The van der Waals surface area contributed by atoms with Crippen molar-refractivity contribution in [2.24, 2.45) is 5.92 Å². The Bertz CT molecular complexity index is 350. The number of carbonyl (C=O) groups is 2. The zero-order chi connectivity index (χ0) is 15.3. The van der Waals surface area contributed by atoms with Gasteiger partial charge in [-0.2, -0.15) is 0 Å². The van der Waals surface area contributed by atoms with E-state index in [-0.39, 0.29) is 24.4 Å². The molecule has 0 aromatic carbocycles. The molecule has 0 saturated carbocycles. The van der Waals surface area contributed by atoms with Gasteiger partial charge >= 0.3 is 12.1 Å². The van der Waals surface area contributed by atoms with Gasteiger partial charge in [-0.3, -0.25) is 4.79 Å². The molecule has 0 aliphatic carbocycles. The molecule has 1 amide bonds. The summed E-state index contributed by atoms with van der Waals surface area (Å²) in [5.74, 6) is -0.505. The molecular formula is C14H25NO5. The summed E-state index contributed by atoms with van der Waals surface area (Å²) in [4.78, 5) is 24.9. The van der Waals surface area contributed by atoms with Crippen LogP contribution in [-0.4, -0.2) is 54.0 Å². The standard InChI is InChI=1S/C14H25NO5/c1-14(2,3)20-13(18)15-7-5-10(9-12(17)19-4)11(16)6-8-15/h10-11,16H,5-9H2,1-4H3/t10-,11-/m1/s1. The summed E-state index contributed by atoms with van der Waals surface area (Å²) in [7, 11) is 1.33. The maximum atomic E-state index is 12.0. The molecule has 2 atom stereocenters. The third kappa shape index (κ3) is 5.36. The Balaban J connectivity index is 2.57. The topological polar surface area (TPSA) is 76.1 Å². The van der Waals surface area contributed by atoms with Gasteiger partial charge in [0.05, 0.1) is 19.6 Å². The minimum absolute atomic E-state index is 0.171. The van der Waals surface area contributed by atoms with E-state index in [2.05, 4.69) is 4.74 Å². The van der Waals surface area contributed by atoms with Crippen LogP contribution >= 0.6 is 0 Å². The van der Waals surface area contributed by atoms with Crippen LogP contribution in [0.15, 0.2) is 0 Å². The number of ether oxygens (including phenoxy) is 2. The lowest BCUT2D eigenvalue weighted by Crippen LogP contribution is -2.37. The van der Waals surface area contributed by atoms with Crippen molar-refractivity contribution in [2.45, 2.75) is 51.7 Å². The predicted octanol–water partition coefficient (Wildman–Crippen LogP) is 1.56. The van der Waals surface area contributed by atoms with Crippen LogP contribution in [0.3, 0.4) is 0 Å². The van der Waals surface area contributed by atoms with Crippen molar-refractivity contribution in [3.05, 3.63) is 0 Å². The number of aliphatic hydroxyl groups excluding tert-OH is 1. The van der Waals surface area contributed by atoms with Crippen LogP contribution in [0.4, 0.5) is 4.79 Å². The lowest BCUT2D eigenvalue weighted by Gasteiger charge is -2.26. The predicted molar refractivity (Wildman–Crippen MR) is 73.2 cm³/mol. The van der Waals surface area contributed by atoms with E-state index in [0.29, 0.717) is 25.9 Å². The summed E-state index contributed by atoms with van der Waals surface area (Å²) >= 11 is 0. The van der Waals surface area contributed by atoms with Crippen molar-refractivity contribution in [3.63, 3.8) is 0 Å². The fourth-order valence-electron chi connectivity index (χ4n) is 2.19. The first-order valence-corrected chi connectivity index (χ1v) is 6.95. The van der Waals surface area contributed by atoms with Gasteiger partial charge in [-0.25, -0.2) is 4.79 Å². The Morgan fingerprint density at radius 1 is 1.25 bits per heavy atom. The van der Waals surface area contributed by atoms with Crippen LogP contribution in [0.5, 0.6) is 0 Å². The maximum absolute atomic E-state index is 12.0. The van der Waals surface area contributed by atoms with Gasteiger partial charge < -0.3 is 19.5 Å². The molecule has 0 bridgehead atoms. The lowest BCUT2D eigenvalue weighted by molar-refractivity contribution is -0.142. The van der Waals surface area contributed by atoms with E-state index in [0.717, 1.165) is 0 Å². The highest BCUT2D eigenvalue weighted by molar-refractivity contribution is 5.70. The van der Waals surface area contributed by atoms with Crippen LogP contribution < -0.4 is 0 Å². The molecule has 1 aliphatic rings. The summed E-state index contributed by atoms with van der Waals surface area (Å²) in [6.45, 7) is 6.37. The van der Waals surface area contributed by atoms with Crippen molar-refractivity contribution in [3.8, 4) is 0 Å². The van der Waals surface area contributed by atoms with Gasteiger partial charge in [0.25, 0.3) is 0 Å². The second kappa shape index (κ2) is 6.92. The maximum Gasteiger partial charge on any atom is 0.410 e. The number of hydrogen-bond donors (Lipinski definition) is 1. The van der Waals surface area contributed by atoms with Gasteiger partial charge in [-0.1, -0.05) is 0 Å². The fourth-order valence-corrected chi connectivity index (χ4v) is 2.19. The third-order valence-corrected chi connectivity index (χ3v) is 3.32. The van der Waals surface area contributed by atoms with E-state index in [1.807, 2.05) is 20.8 Å². The van der Waals surface area contributed by atoms with Crippen LogP contribution in [0, 0.1) is 5.92 Å². The Morgan fingerprint density at radius 3 is 2.40 bits per heavy atom. The van der Waals surface area contributed by atoms with Crippen LogP contribution in [0.25, 0.3) is 0 Å². The van der Waals surface area contributed by atoms with Gasteiger partial charge in [0.1, 0.15) is 5.60 Å². The minimum Gasteiger partial charge on any atom is -0.469 e. The van der Waals surface area contributed by atoms with Crippen LogP contribution in [0.1, 0.15) is 40.0 Å². The average molecular weight is 287 g/mol. The first kappa shape index (κ1) is 16.8. The number of hydrogen-bond acceptors (Lipinski definition) is 5. The average Bonchev–Trinajstić information content (AvgIpc) is 2.50. The van der Waals surface area contributed by atoms with Gasteiger partial charge in [0.15, 0.2) is 0 Å². The van der Waals surface area contributed by atoms with Crippen molar-refractivity contribution < 1.29 is 24.2 Å². The molecule has 1 aliphatic heterocycles. The molecule has 1 rings (SSSR count). The first-order valence-electron chi connectivity index (χ1n) is 6.95. The Hall–Kier alpha value is -1.30. The number of methoxy groups -OCH3 is 1. The summed E-state index contributed by atoms with van der Waals surface area (Å²) in [5.41, 5.74) is -0.534. The number of likely N-dealkylation sites (tertiary alicyclic amines) is 1. The van der Waals surface area contributed by atoms with Gasteiger partial charge in [-0.05, 0) is 39.5 Å². The Labute approximate surface area is 120 Å². The van der Waals surface area contributed by atoms with Crippen LogP contribution in [-0.2, 0) is 14.3 Å². The molecule has 20 heavy (non-hydrogen) atoms. The van der Waals surface area contributed by atoms with Crippen molar-refractivity contribution in [2.75, 3.05) is 20.2 Å². The molecule has 6 heteroatoms. The second-order valence-corrected chi connectivity index (χ2v) is 6.15. The van der Waals surface area contributed by atoms with Gasteiger partial charge in [-0.15, -0.1) is 0 Å².